The van der Waals surface area contributed by atoms with Gasteiger partial charge in [-0.15, -0.1) is 0 Å². The highest BCUT2D eigenvalue weighted by atomic mass is 16.4. The van der Waals surface area contributed by atoms with Gasteiger partial charge >= 0.3 is 5.97 Å². The van der Waals surface area contributed by atoms with Crippen molar-refractivity contribution in [2.75, 3.05) is 31.1 Å². The minimum Gasteiger partial charge on any atom is -0.476 e. The molecule has 0 saturated carbocycles. The van der Waals surface area contributed by atoms with Crippen LogP contribution < -0.4 is 11.1 Å². The number of anilines is 1. The number of carbonyl (C=O) groups is 1. The van der Waals surface area contributed by atoms with Crippen molar-refractivity contribution in [2.24, 2.45) is 0 Å². The van der Waals surface area contributed by atoms with Gasteiger partial charge in [0.1, 0.15) is 6.33 Å². The number of carboxylic acids is 1. The maximum atomic E-state index is 11.5. The van der Waals surface area contributed by atoms with Gasteiger partial charge in [-0.25, -0.2) is 9.78 Å². The Bertz CT molecular complexity index is 1610. The number of benzene rings is 2. The van der Waals surface area contributed by atoms with Crippen molar-refractivity contribution in [1.29, 1.82) is 0 Å². The molecular formula is C29H32N6O2. The van der Waals surface area contributed by atoms with Crippen LogP contribution in [0.15, 0.2) is 67.0 Å². The molecule has 1 atom stereocenters. The van der Waals surface area contributed by atoms with Crippen LogP contribution in [0.5, 0.6) is 0 Å². The third-order valence-corrected chi connectivity index (χ3v) is 7.47. The lowest BCUT2D eigenvalue weighted by atomic mass is 10.0. The Morgan fingerprint density at radius 1 is 1.00 bits per heavy atom. The normalized spacial score (nSPS) is 16.4. The lowest BCUT2D eigenvalue weighted by molar-refractivity contribution is 0.0693. The summed E-state index contributed by atoms with van der Waals surface area (Å²) in [7, 11) is 0. The third kappa shape index (κ3) is 4.39. The number of hydrogen-bond acceptors (Lipinski definition) is 6. The number of imidazole rings is 1. The van der Waals surface area contributed by atoms with Crippen LogP contribution in [0.1, 0.15) is 28.7 Å². The van der Waals surface area contributed by atoms with Crippen LogP contribution >= 0.6 is 0 Å². The first-order valence-corrected chi connectivity index (χ1v) is 12.5. The van der Waals surface area contributed by atoms with Gasteiger partial charge in [0.25, 0.3) is 0 Å². The van der Waals surface area contributed by atoms with Crippen LogP contribution in [0.4, 0.5) is 5.69 Å². The fraction of sp³-hybridized carbons (Fsp3) is 0.276. The van der Waals surface area contributed by atoms with Gasteiger partial charge in [0.05, 0.1) is 16.6 Å². The van der Waals surface area contributed by atoms with Crippen LogP contribution in [0.2, 0.25) is 0 Å². The highest BCUT2D eigenvalue weighted by Crippen LogP contribution is 2.29. The minimum absolute atomic E-state index is 0. The van der Waals surface area contributed by atoms with E-state index in [4.69, 9.17) is 4.98 Å². The van der Waals surface area contributed by atoms with Crippen LogP contribution in [-0.2, 0) is 6.42 Å². The van der Waals surface area contributed by atoms with Crippen molar-refractivity contribution in [2.45, 2.75) is 26.3 Å². The summed E-state index contributed by atoms with van der Waals surface area (Å²) in [5, 5.41) is 11.8. The van der Waals surface area contributed by atoms with Crippen molar-refractivity contribution >= 4 is 39.0 Å². The molecule has 0 aliphatic carbocycles. The second kappa shape index (κ2) is 9.80. The molecule has 0 spiro atoms. The monoisotopic (exact) mass is 496 g/mol. The number of pyridine rings is 2. The predicted octanol–water partition coefficient (Wildman–Crippen LogP) is 4.96. The van der Waals surface area contributed by atoms with Gasteiger partial charge < -0.3 is 16.2 Å². The Labute approximate surface area is 215 Å². The molecule has 5 aromatic rings. The van der Waals surface area contributed by atoms with Crippen LogP contribution in [-0.4, -0.2) is 62.6 Å². The standard InChI is InChI=1S/C29H29N5O2.H3N/c1-19-9-10-23-24(31-19)6-4-7-25(23)33-16-15-32(20(2)17-33)14-13-21-5-3-8-26-22(21)11-12-27-28(29(35)36)30-18-34(26)27;/h3-12,18,20H,13-17H2,1-2H3,(H,35,36);1H3/t20-;/m1./s1. The number of fused-ring (bicyclic) bond motifs is 4. The zero-order valence-electron chi connectivity index (χ0n) is 21.3. The van der Waals surface area contributed by atoms with E-state index in [0.29, 0.717) is 11.6 Å². The van der Waals surface area contributed by atoms with Crippen LogP contribution in [0.25, 0.3) is 27.3 Å². The van der Waals surface area contributed by atoms with Gasteiger partial charge in [0, 0.05) is 54.4 Å². The third-order valence-electron chi connectivity index (χ3n) is 7.47. The Hall–Kier alpha value is -4.01. The van der Waals surface area contributed by atoms with Gasteiger partial charge in [0.15, 0.2) is 5.69 Å². The van der Waals surface area contributed by atoms with Gasteiger partial charge in [-0.3, -0.25) is 14.3 Å². The smallest absolute Gasteiger partial charge is 0.356 e. The number of aromatic carboxylic acids is 1. The molecule has 3 aromatic heterocycles. The van der Waals surface area contributed by atoms with E-state index >= 15 is 0 Å². The van der Waals surface area contributed by atoms with Crippen LogP contribution in [0.3, 0.4) is 0 Å². The maximum absolute atomic E-state index is 11.5. The summed E-state index contributed by atoms with van der Waals surface area (Å²) in [6.07, 6.45) is 2.54. The average Bonchev–Trinajstić information content (AvgIpc) is 3.32. The summed E-state index contributed by atoms with van der Waals surface area (Å²) in [5.41, 5.74) is 6.34. The molecule has 6 rings (SSSR count). The molecule has 1 aliphatic rings. The largest absolute Gasteiger partial charge is 0.476 e. The van der Waals surface area contributed by atoms with E-state index in [2.05, 4.69) is 64.2 Å². The number of rotatable bonds is 5. The SMILES string of the molecule is Cc1ccc2c(N3CCN(CCc4cccc5c4ccc4c(C(=O)O)ncn45)[C@H](C)C3)cccc2n1.N. The first-order chi connectivity index (χ1) is 17.5. The highest BCUT2D eigenvalue weighted by molar-refractivity contribution is 5.96. The fourth-order valence-corrected chi connectivity index (χ4v) is 5.58. The first-order valence-electron chi connectivity index (χ1n) is 12.5. The number of aromatic nitrogens is 3. The Morgan fingerprint density at radius 2 is 1.81 bits per heavy atom. The summed E-state index contributed by atoms with van der Waals surface area (Å²) < 4.78 is 1.88. The summed E-state index contributed by atoms with van der Waals surface area (Å²) in [4.78, 5) is 25.4. The van der Waals surface area contributed by atoms with Gasteiger partial charge in [-0.05, 0) is 62.2 Å². The first kappa shape index (κ1) is 24.7. The van der Waals surface area contributed by atoms with E-state index < -0.39 is 5.97 Å². The zero-order chi connectivity index (χ0) is 24.8. The summed E-state index contributed by atoms with van der Waals surface area (Å²) in [6.45, 7) is 8.30. The van der Waals surface area contributed by atoms with Crippen LogP contribution in [0, 0.1) is 6.92 Å². The number of aryl methyl sites for hydroxylation is 1. The van der Waals surface area contributed by atoms with Crippen molar-refractivity contribution in [1.82, 2.24) is 25.4 Å². The van der Waals surface area contributed by atoms with Gasteiger partial charge in [0.2, 0.25) is 0 Å². The van der Waals surface area contributed by atoms with E-state index in [9.17, 15) is 9.90 Å². The van der Waals surface area contributed by atoms with E-state index in [-0.39, 0.29) is 11.8 Å². The van der Waals surface area contributed by atoms with Gasteiger partial charge in [-0.1, -0.05) is 24.3 Å². The summed E-state index contributed by atoms with van der Waals surface area (Å²) in [6, 6.07) is 21.3. The molecule has 4 heterocycles. The minimum atomic E-state index is -1.00. The molecule has 0 amide bonds. The number of hydrogen-bond donors (Lipinski definition) is 2. The topological polar surface area (TPSA) is 109 Å². The molecule has 0 radical (unpaired) electrons. The summed E-state index contributed by atoms with van der Waals surface area (Å²) >= 11 is 0. The second-order valence-corrected chi connectivity index (χ2v) is 9.71. The number of carboxylic acid groups (broad SMARTS) is 1. The van der Waals surface area contributed by atoms with Gasteiger partial charge in [-0.2, -0.15) is 0 Å². The molecule has 8 heteroatoms. The van der Waals surface area contributed by atoms with Crippen molar-refractivity contribution in [3.63, 3.8) is 0 Å². The Balaban J connectivity index is 0.00000280. The lowest BCUT2D eigenvalue weighted by Gasteiger charge is -2.41. The molecule has 4 N–H and O–H groups in total. The van der Waals surface area contributed by atoms with E-state index in [1.807, 2.05) is 29.5 Å². The molecule has 2 aromatic carbocycles. The fourth-order valence-electron chi connectivity index (χ4n) is 5.58. The second-order valence-electron chi connectivity index (χ2n) is 9.71. The Kier molecular flexibility index (Phi) is 6.54. The molecule has 37 heavy (non-hydrogen) atoms. The molecule has 1 aliphatic heterocycles. The van der Waals surface area contributed by atoms with Crippen molar-refractivity contribution in [3.05, 3.63) is 83.9 Å². The Morgan fingerprint density at radius 3 is 2.62 bits per heavy atom. The zero-order valence-corrected chi connectivity index (χ0v) is 21.3. The highest BCUT2D eigenvalue weighted by Gasteiger charge is 2.25. The maximum Gasteiger partial charge on any atom is 0.356 e. The lowest BCUT2D eigenvalue weighted by Crippen LogP contribution is -2.52. The molecule has 1 fully saturated rings. The quantitative estimate of drug-likeness (QED) is 0.354. The molecule has 190 valence electrons. The average molecular weight is 497 g/mol. The van der Waals surface area contributed by atoms with E-state index in [1.165, 1.54) is 16.6 Å². The number of piperazine rings is 1. The predicted molar refractivity (Wildman–Crippen MR) is 148 cm³/mol. The van der Waals surface area contributed by atoms with Crippen molar-refractivity contribution in [3.8, 4) is 0 Å². The molecular weight excluding hydrogens is 464 g/mol. The number of nitrogens with zero attached hydrogens (tertiary/aromatic N) is 5. The summed E-state index contributed by atoms with van der Waals surface area (Å²) in [5.74, 6) is -1.00. The molecule has 8 nitrogen and oxygen atoms in total. The molecule has 0 bridgehead atoms. The van der Waals surface area contributed by atoms with Crippen molar-refractivity contribution < 1.29 is 9.90 Å². The molecule has 1 saturated heterocycles. The molecule has 0 unspecified atom stereocenters. The van der Waals surface area contributed by atoms with E-state index in [1.54, 1.807) is 6.33 Å². The van der Waals surface area contributed by atoms with E-state index in [0.717, 1.165) is 54.7 Å².